The van der Waals surface area contributed by atoms with Crippen LogP contribution in [-0.4, -0.2) is 76.3 Å². The highest BCUT2D eigenvalue weighted by atomic mass is 19.1. The van der Waals surface area contributed by atoms with Gasteiger partial charge in [-0.2, -0.15) is 0 Å². The van der Waals surface area contributed by atoms with Crippen LogP contribution in [0.4, 0.5) is 4.39 Å². The van der Waals surface area contributed by atoms with E-state index in [4.69, 9.17) is 10.2 Å². The molecule has 8 heteroatoms. The van der Waals surface area contributed by atoms with Gasteiger partial charge in [0.2, 0.25) is 0 Å². The van der Waals surface area contributed by atoms with Crippen molar-refractivity contribution in [2.75, 3.05) is 26.2 Å². The van der Waals surface area contributed by atoms with Gasteiger partial charge in [0.25, 0.3) is 5.91 Å². The summed E-state index contributed by atoms with van der Waals surface area (Å²) in [6.07, 6.45) is 21.3. The number of likely N-dealkylation sites (tertiary alicyclic amines) is 1. The van der Waals surface area contributed by atoms with Crippen molar-refractivity contribution < 1.29 is 29.0 Å². The third-order valence-electron chi connectivity index (χ3n) is 8.98. The molecule has 1 amide bonds. The van der Waals surface area contributed by atoms with Crippen LogP contribution in [0.2, 0.25) is 0 Å². The minimum atomic E-state index is -1.42. The molecule has 1 saturated heterocycles. The van der Waals surface area contributed by atoms with Crippen molar-refractivity contribution in [2.45, 2.75) is 180 Å². The molecule has 0 spiro atoms. The summed E-state index contributed by atoms with van der Waals surface area (Å²) in [6.45, 7) is 6.01. The van der Waals surface area contributed by atoms with Crippen molar-refractivity contribution >= 4 is 17.8 Å². The third kappa shape index (κ3) is 21.6. The molecular formula is C35H65FN2O5. The highest BCUT2D eigenvalue weighted by molar-refractivity contribution is 5.81. The molecule has 1 atom stereocenters. The number of hydrogen-bond donors (Lipinski definition) is 2. The lowest BCUT2D eigenvalue weighted by Gasteiger charge is -2.34. The third-order valence-corrected chi connectivity index (χ3v) is 8.98. The van der Waals surface area contributed by atoms with Crippen LogP contribution in [0.5, 0.6) is 0 Å². The second-order valence-corrected chi connectivity index (χ2v) is 12.9. The van der Waals surface area contributed by atoms with Crippen molar-refractivity contribution in [1.82, 2.24) is 9.80 Å². The van der Waals surface area contributed by atoms with Gasteiger partial charge in [0, 0.05) is 25.4 Å². The minimum Gasteiger partial charge on any atom is -0.481 e. The number of aliphatic carboxylic acids is 2. The Bertz CT molecular complexity index is 686. The van der Waals surface area contributed by atoms with Crippen molar-refractivity contribution in [2.24, 2.45) is 0 Å². The van der Waals surface area contributed by atoms with Crippen LogP contribution in [0.25, 0.3) is 0 Å². The van der Waals surface area contributed by atoms with E-state index in [-0.39, 0.29) is 24.8 Å². The number of unbranched alkanes of at least 4 members (excludes halogenated alkanes) is 14. The van der Waals surface area contributed by atoms with Gasteiger partial charge in [-0.05, 0) is 71.0 Å². The molecule has 1 aliphatic heterocycles. The Balaban J connectivity index is 2.72. The van der Waals surface area contributed by atoms with Gasteiger partial charge in [0.05, 0.1) is 0 Å². The Morgan fingerprint density at radius 2 is 1.09 bits per heavy atom. The maximum atomic E-state index is 15.4. The maximum Gasteiger partial charge on any atom is 0.303 e. The van der Waals surface area contributed by atoms with Gasteiger partial charge in [-0.25, -0.2) is 4.39 Å². The van der Waals surface area contributed by atoms with E-state index in [0.717, 1.165) is 148 Å². The van der Waals surface area contributed by atoms with Gasteiger partial charge in [0.15, 0.2) is 6.17 Å². The highest BCUT2D eigenvalue weighted by Gasteiger charge is 2.29. The molecule has 43 heavy (non-hydrogen) atoms. The molecule has 2 N–H and O–H groups in total. The zero-order valence-electron chi connectivity index (χ0n) is 27.6. The topological polar surface area (TPSA) is 98.2 Å². The van der Waals surface area contributed by atoms with E-state index < -0.39 is 18.1 Å². The van der Waals surface area contributed by atoms with Crippen molar-refractivity contribution in [3.05, 3.63) is 0 Å². The lowest BCUT2D eigenvalue weighted by molar-refractivity contribution is -0.140. The van der Waals surface area contributed by atoms with Gasteiger partial charge in [0.1, 0.15) is 0 Å². The molecule has 0 aromatic heterocycles. The Morgan fingerprint density at radius 3 is 1.58 bits per heavy atom. The fraction of sp³-hybridized carbons (Fsp3) is 0.914. The van der Waals surface area contributed by atoms with Gasteiger partial charge in [-0.1, -0.05) is 103 Å². The molecule has 1 rings (SSSR count). The number of alkyl halides is 1. The van der Waals surface area contributed by atoms with Crippen molar-refractivity contribution in [3.63, 3.8) is 0 Å². The summed E-state index contributed by atoms with van der Waals surface area (Å²) in [5.41, 5.74) is 0. The number of carboxylic acid groups (broad SMARTS) is 2. The SMILES string of the molecule is CCCCCCCC(F)C(=O)N(CCCN1CCCC1)C(CCCCCCCCC(=O)O)CCCCCCCCC(=O)O. The van der Waals surface area contributed by atoms with E-state index in [9.17, 15) is 14.4 Å². The first kappa shape index (κ1) is 39.3. The fourth-order valence-electron chi connectivity index (χ4n) is 6.36. The molecule has 1 fully saturated rings. The molecule has 7 nitrogen and oxygen atoms in total. The number of carboxylic acids is 2. The number of carbonyl (C=O) groups excluding carboxylic acids is 1. The van der Waals surface area contributed by atoms with E-state index >= 15 is 4.39 Å². The van der Waals surface area contributed by atoms with Crippen LogP contribution in [0.1, 0.15) is 167 Å². The van der Waals surface area contributed by atoms with Crippen molar-refractivity contribution in [3.8, 4) is 0 Å². The van der Waals surface area contributed by atoms with Crippen LogP contribution in [0.15, 0.2) is 0 Å². The molecule has 1 aliphatic rings. The average molecular weight is 613 g/mol. The normalized spacial score (nSPS) is 14.4. The smallest absolute Gasteiger partial charge is 0.303 e. The summed E-state index contributed by atoms with van der Waals surface area (Å²) in [7, 11) is 0. The van der Waals surface area contributed by atoms with Gasteiger partial charge >= 0.3 is 11.9 Å². The van der Waals surface area contributed by atoms with Gasteiger partial charge in [-0.3, -0.25) is 14.4 Å². The molecule has 0 radical (unpaired) electrons. The zero-order valence-corrected chi connectivity index (χ0v) is 27.6. The van der Waals surface area contributed by atoms with Crippen molar-refractivity contribution in [1.29, 1.82) is 0 Å². The molecule has 0 aliphatic carbocycles. The summed E-state index contributed by atoms with van der Waals surface area (Å²) < 4.78 is 15.4. The summed E-state index contributed by atoms with van der Waals surface area (Å²) >= 11 is 0. The molecule has 0 bridgehead atoms. The van der Waals surface area contributed by atoms with E-state index in [2.05, 4.69) is 11.8 Å². The van der Waals surface area contributed by atoms with E-state index in [1.54, 1.807) is 0 Å². The van der Waals surface area contributed by atoms with Gasteiger partial charge < -0.3 is 20.0 Å². The summed E-state index contributed by atoms with van der Waals surface area (Å²) in [4.78, 5) is 39.5. The van der Waals surface area contributed by atoms with Crippen LogP contribution >= 0.6 is 0 Å². The first-order valence-electron chi connectivity index (χ1n) is 18.0. The zero-order chi connectivity index (χ0) is 31.5. The number of rotatable bonds is 30. The molecular weight excluding hydrogens is 547 g/mol. The molecule has 1 unspecified atom stereocenters. The van der Waals surface area contributed by atoms with Crippen LogP contribution in [0, 0.1) is 0 Å². The number of amides is 1. The van der Waals surface area contributed by atoms with E-state index in [1.165, 1.54) is 12.8 Å². The van der Waals surface area contributed by atoms with Crippen LogP contribution < -0.4 is 0 Å². The number of halogens is 1. The largest absolute Gasteiger partial charge is 0.481 e. The Hall–Kier alpha value is -1.70. The molecule has 0 aromatic rings. The van der Waals surface area contributed by atoms with Gasteiger partial charge in [-0.15, -0.1) is 0 Å². The molecule has 252 valence electrons. The second-order valence-electron chi connectivity index (χ2n) is 12.9. The monoisotopic (exact) mass is 612 g/mol. The number of hydrogen-bond acceptors (Lipinski definition) is 4. The minimum absolute atomic E-state index is 0.0587. The Kier molecular flexibility index (Phi) is 24.4. The van der Waals surface area contributed by atoms with Crippen LogP contribution in [-0.2, 0) is 14.4 Å². The number of carbonyl (C=O) groups is 3. The Labute approximate surface area is 262 Å². The standard InChI is InChI=1S/C35H65FN2O5/c1-2-3-4-9-16-24-32(36)35(43)38(30-21-29-37-27-19-20-28-37)31(22-14-10-5-7-12-17-25-33(39)40)23-15-11-6-8-13-18-26-34(41)42/h31-32H,2-30H2,1H3,(H,39,40)(H,41,42). The summed E-state index contributed by atoms with van der Waals surface area (Å²) in [5.74, 6) is -1.77. The first-order valence-corrected chi connectivity index (χ1v) is 18.0. The first-order chi connectivity index (χ1) is 20.8. The summed E-state index contributed by atoms with van der Waals surface area (Å²) in [6, 6.07) is 0.0587. The second kappa shape index (κ2) is 26.7. The summed E-state index contributed by atoms with van der Waals surface area (Å²) in [5, 5.41) is 17.7. The molecule has 0 aromatic carbocycles. The lowest BCUT2D eigenvalue weighted by Crippen LogP contribution is -2.45. The predicted octanol–water partition coefficient (Wildman–Crippen LogP) is 8.78. The average Bonchev–Trinajstić information content (AvgIpc) is 3.50. The van der Waals surface area contributed by atoms with Crippen LogP contribution in [0.3, 0.4) is 0 Å². The lowest BCUT2D eigenvalue weighted by atomic mass is 9.97. The predicted molar refractivity (Wildman–Crippen MR) is 173 cm³/mol. The Morgan fingerprint density at radius 1 is 0.651 bits per heavy atom. The molecule has 0 saturated carbocycles. The van der Waals surface area contributed by atoms with E-state index in [1.807, 2.05) is 4.90 Å². The fourth-order valence-corrected chi connectivity index (χ4v) is 6.36. The van der Waals surface area contributed by atoms with E-state index in [0.29, 0.717) is 13.0 Å². The number of nitrogens with zero attached hydrogens (tertiary/aromatic N) is 2. The highest BCUT2D eigenvalue weighted by Crippen LogP contribution is 2.23. The maximum absolute atomic E-state index is 15.4. The molecule has 1 heterocycles. The quantitative estimate of drug-likeness (QED) is 0.0787.